The highest BCUT2D eigenvalue weighted by Crippen LogP contribution is 2.18. The van der Waals surface area contributed by atoms with Gasteiger partial charge in [0.25, 0.3) is 0 Å². The normalized spacial score (nSPS) is 19.2. The lowest BCUT2D eigenvalue weighted by molar-refractivity contribution is 0.0556. The van der Waals surface area contributed by atoms with Gasteiger partial charge in [0.15, 0.2) is 0 Å². The van der Waals surface area contributed by atoms with Gasteiger partial charge in [-0.2, -0.15) is 0 Å². The van der Waals surface area contributed by atoms with Crippen LogP contribution in [0.3, 0.4) is 0 Å². The maximum absolute atomic E-state index is 12.3. The molecule has 0 saturated carbocycles. The molecule has 3 rings (SSSR count). The Bertz CT molecular complexity index is 531. The number of hydrogen-bond donors (Lipinski definition) is 1. The highest BCUT2D eigenvalue weighted by Gasteiger charge is 2.27. The second kappa shape index (κ2) is 11.9. The average molecular weight is 432 g/mol. The van der Waals surface area contributed by atoms with Crippen LogP contribution in [-0.2, 0) is 6.54 Å². The molecule has 2 saturated heterocycles. The minimum Gasteiger partial charge on any atom is -0.415 e. The molecule has 11 heteroatoms. The molecule has 2 aliphatic rings. The summed E-state index contributed by atoms with van der Waals surface area (Å²) in [6.07, 6.45) is 2.55. The van der Waals surface area contributed by atoms with Crippen LogP contribution in [0.15, 0.2) is 4.42 Å². The van der Waals surface area contributed by atoms with Gasteiger partial charge in [-0.3, -0.25) is 9.69 Å². The number of nitrogens with zero attached hydrogens (tertiary/aromatic N) is 5. The van der Waals surface area contributed by atoms with Crippen LogP contribution in [0.2, 0.25) is 0 Å². The van der Waals surface area contributed by atoms with Gasteiger partial charge in [0.05, 0.1) is 6.54 Å². The van der Waals surface area contributed by atoms with Gasteiger partial charge in [-0.05, 0) is 38.9 Å². The van der Waals surface area contributed by atoms with E-state index in [1.54, 1.807) is 4.90 Å². The van der Waals surface area contributed by atoms with E-state index in [1.165, 1.54) is 25.9 Å². The third-order valence-electron chi connectivity index (χ3n) is 4.84. The van der Waals surface area contributed by atoms with E-state index in [0.717, 1.165) is 25.6 Å². The molecule has 8 nitrogen and oxygen atoms in total. The Balaban J connectivity index is 0.00000208. The number of rotatable bonds is 4. The quantitative estimate of drug-likeness (QED) is 0.757. The lowest BCUT2D eigenvalue weighted by atomic mass is 9.96. The van der Waals surface area contributed by atoms with Crippen molar-refractivity contribution in [3.8, 4) is 0 Å². The number of piperazine rings is 1. The molecule has 0 bridgehead atoms. The molecule has 0 aliphatic carbocycles. The van der Waals surface area contributed by atoms with E-state index in [2.05, 4.69) is 27.0 Å². The first-order valence-electron chi connectivity index (χ1n) is 8.38. The smallest absolute Gasteiger partial charge is 0.311 e. The highest BCUT2D eigenvalue weighted by molar-refractivity contribution is 5.89. The zero-order valence-corrected chi connectivity index (χ0v) is 17.5. The Labute approximate surface area is 173 Å². The molecule has 0 spiro atoms. The number of likely N-dealkylation sites (tertiary alicyclic amines) is 1. The van der Waals surface area contributed by atoms with Gasteiger partial charge >= 0.3 is 11.8 Å². The molecule has 2 N–H and O–H groups in total. The van der Waals surface area contributed by atoms with Crippen LogP contribution in [0.25, 0.3) is 0 Å². The zero-order chi connectivity index (χ0) is 16.2. The molecule has 1 amide bonds. The predicted molar refractivity (Wildman–Crippen MR) is 106 cm³/mol. The SMILES string of the molecule is CN1CCC(CN2CCN(C(=O)c3nnc(CN)o3)CC2)CC1.Cl.Cl.Cl. The molecular weight excluding hydrogens is 403 g/mol. The van der Waals surface area contributed by atoms with Gasteiger partial charge in [0.1, 0.15) is 0 Å². The summed E-state index contributed by atoms with van der Waals surface area (Å²) in [7, 11) is 2.19. The van der Waals surface area contributed by atoms with Crippen molar-refractivity contribution < 1.29 is 9.21 Å². The lowest BCUT2D eigenvalue weighted by Crippen LogP contribution is -2.50. The molecule has 1 aromatic rings. The molecule has 1 aromatic heterocycles. The van der Waals surface area contributed by atoms with Gasteiger partial charge < -0.3 is 20.0 Å². The molecular formula is C15H29Cl3N6O2. The third-order valence-corrected chi connectivity index (χ3v) is 4.84. The summed E-state index contributed by atoms with van der Waals surface area (Å²) in [6.45, 7) is 6.95. The summed E-state index contributed by atoms with van der Waals surface area (Å²) in [5.74, 6) is 0.955. The van der Waals surface area contributed by atoms with Crippen LogP contribution in [0, 0.1) is 5.92 Å². The van der Waals surface area contributed by atoms with Gasteiger partial charge in [0.2, 0.25) is 5.89 Å². The van der Waals surface area contributed by atoms with Gasteiger partial charge in [-0.25, -0.2) is 0 Å². The number of hydrogen-bond acceptors (Lipinski definition) is 7. The maximum atomic E-state index is 12.3. The van der Waals surface area contributed by atoms with Crippen LogP contribution < -0.4 is 5.73 Å². The summed E-state index contributed by atoms with van der Waals surface area (Å²) in [5.41, 5.74) is 5.43. The molecule has 26 heavy (non-hydrogen) atoms. The summed E-state index contributed by atoms with van der Waals surface area (Å²) in [6, 6.07) is 0. The van der Waals surface area contributed by atoms with Crippen LogP contribution in [0.1, 0.15) is 29.4 Å². The van der Waals surface area contributed by atoms with Crippen molar-refractivity contribution in [3.05, 3.63) is 11.8 Å². The van der Waals surface area contributed by atoms with Crippen molar-refractivity contribution in [3.63, 3.8) is 0 Å². The molecule has 2 fully saturated rings. The number of carbonyl (C=O) groups is 1. The van der Waals surface area contributed by atoms with E-state index in [4.69, 9.17) is 10.2 Å². The summed E-state index contributed by atoms with van der Waals surface area (Å²) in [4.78, 5) is 19.0. The summed E-state index contributed by atoms with van der Waals surface area (Å²) in [5, 5.41) is 7.52. The minimum atomic E-state index is -0.184. The fraction of sp³-hybridized carbons (Fsp3) is 0.800. The molecule has 0 unspecified atom stereocenters. The van der Waals surface area contributed by atoms with E-state index in [9.17, 15) is 4.79 Å². The van der Waals surface area contributed by atoms with Crippen molar-refractivity contribution in [1.82, 2.24) is 24.9 Å². The van der Waals surface area contributed by atoms with Crippen LogP contribution >= 0.6 is 37.2 Å². The monoisotopic (exact) mass is 430 g/mol. The van der Waals surface area contributed by atoms with Gasteiger partial charge in [-0.1, -0.05) is 0 Å². The molecule has 0 aromatic carbocycles. The van der Waals surface area contributed by atoms with Crippen LogP contribution in [0.4, 0.5) is 0 Å². The van der Waals surface area contributed by atoms with Gasteiger partial charge in [0, 0.05) is 32.7 Å². The summed E-state index contributed by atoms with van der Waals surface area (Å²) < 4.78 is 5.25. The van der Waals surface area contributed by atoms with Crippen LogP contribution in [-0.4, -0.2) is 83.7 Å². The number of halogens is 3. The maximum Gasteiger partial charge on any atom is 0.311 e. The van der Waals surface area contributed by atoms with Crippen molar-refractivity contribution in [2.75, 3.05) is 52.9 Å². The molecule has 152 valence electrons. The Morgan fingerprint density at radius 3 is 2.23 bits per heavy atom. The highest BCUT2D eigenvalue weighted by atomic mass is 35.5. The molecule has 2 aliphatic heterocycles. The molecule has 0 atom stereocenters. The van der Waals surface area contributed by atoms with Gasteiger partial charge in [-0.15, -0.1) is 47.4 Å². The fourth-order valence-electron chi connectivity index (χ4n) is 3.30. The van der Waals surface area contributed by atoms with E-state index in [0.29, 0.717) is 19.0 Å². The average Bonchev–Trinajstić information content (AvgIpc) is 3.06. The first-order chi connectivity index (χ1) is 11.2. The second-order valence-corrected chi connectivity index (χ2v) is 6.54. The zero-order valence-electron chi connectivity index (χ0n) is 15.0. The summed E-state index contributed by atoms with van der Waals surface area (Å²) >= 11 is 0. The first kappa shape index (κ1) is 25.4. The number of nitrogens with two attached hydrogens (primary N) is 1. The lowest BCUT2D eigenvalue weighted by Gasteiger charge is -2.37. The number of amides is 1. The largest absolute Gasteiger partial charge is 0.415 e. The first-order valence-corrected chi connectivity index (χ1v) is 8.38. The van der Waals surface area contributed by atoms with E-state index < -0.39 is 0 Å². The van der Waals surface area contributed by atoms with Crippen molar-refractivity contribution >= 4 is 43.1 Å². The van der Waals surface area contributed by atoms with E-state index in [1.807, 2.05) is 0 Å². The molecule has 0 radical (unpaired) electrons. The predicted octanol–water partition coefficient (Wildman–Crippen LogP) is 0.893. The standard InChI is InChI=1S/C15H26N6O2.3ClH/c1-19-4-2-12(3-5-19)11-20-6-8-21(9-7-20)15(22)14-18-17-13(10-16)23-14;;;/h12H,2-11,16H2,1H3;3*1H. The Hall–Kier alpha value is -0.640. The van der Waals surface area contributed by atoms with Crippen molar-refractivity contribution in [1.29, 1.82) is 0 Å². The molecule has 3 heterocycles. The van der Waals surface area contributed by atoms with E-state index in [-0.39, 0.29) is 55.6 Å². The Kier molecular flexibility index (Phi) is 11.7. The fourth-order valence-corrected chi connectivity index (χ4v) is 3.30. The number of aromatic nitrogens is 2. The third kappa shape index (κ3) is 6.51. The topological polar surface area (TPSA) is 91.7 Å². The van der Waals surface area contributed by atoms with Crippen LogP contribution in [0.5, 0.6) is 0 Å². The van der Waals surface area contributed by atoms with Crippen molar-refractivity contribution in [2.45, 2.75) is 19.4 Å². The van der Waals surface area contributed by atoms with E-state index >= 15 is 0 Å². The number of carbonyl (C=O) groups excluding carboxylic acids is 1. The Morgan fingerprint density at radius 2 is 1.69 bits per heavy atom. The Morgan fingerprint density at radius 1 is 1.08 bits per heavy atom. The second-order valence-electron chi connectivity index (χ2n) is 6.54. The number of piperidine rings is 1. The van der Waals surface area contributed by atoms with Crippen molar-refractivity contribution in [2.24, 2.45) is 11.7 Å². The minimum absolute atomic E-state index is 0.